The van der Waals surface area contributed by atoms with E-state index in [0.29, 0.717) is 28.5 Å². The lowest BCUT2D eigenvalue weighted by Crippen LogP contribution is -2.49. The fourth-order valence-corrected chi connectivity index (χ4v) is 10.2. The Hall–Kier alpha value is -4.23. The number of alkyl halides is 1. The maximum atomic E-state index is 14.2. The summed E-state index contributed by atoms with van der Waals surface area (Å²) in [5.74, 6) is -1.26. The van der Waals surface area contributed by atoms with Crippen LogP contribution in [-0.4, -0.2) is 59.7 Å². The first-order valence-corrected chi connectivity index (χ1v) is 19.6. The average molecular weight is 698 g/mol. The van der Waals surface area contributed by atoms with Gasteiger partial charge in [0, 0.05) is 23.8 Å². The van der Waals surface area contributed by atoms with Gasteiger partial charge in [0.15, 0.2) is 0 Å². The summed E-state index contributed by atoms with van der Waals surface area (Å²) >= 11 is 6.13. The van der Waals surface area contributed by atoms with Crippen LogP contribution in [0.4, 0.5) is 4.79 Å². The second-order valence-electron chi connectivity index (χ2n) is 13.7. The Morgan fingerprint density at radius 2 is 1.88 bits per heavy atom. The van der Waals surface area contributed by atoms with Crippen LogP contribution in [-0.2, 0) is 47.3 Å². The molecule has 48 heavy (non-hydrogen) atoms. The molecule has 2 aliphatic rings. The Morgan fingerprint density at radius 3 is 2.52 bits per heavy atom. The molecule has 0 bridgehead atoms. The van der Waals surface area contributed by atoms with Gasteiger partial charge in [-0.3, -0.25) is 14.4 Å². The number of amides is 1. The molecule has 5 rings (SSSR count). The van der Waals surface area contributed by atoms with E-state index in [9.17, 15) is 24.0 Å². The molecule has 256 valence electrons. The second-order valence-corrected chi connectivity index (χ2v) is 18.8. The van der Waals surface area contributed by atoms with Gasteiger partial charge in [-0.1, -0.05) is 26.1 Å². The van der Waals surface area contributed by atoms with Gasteiger partial charge in [-0.2, -0.15) is 0 Å². The Morgan fingerprint density at radius 1 is 1.15 bits per heavy atom. The lowest BCUT2D eigenvalue weighted by molar-refractivity contribution is -0.188. The number of nitrogens with one attached hydrogen (secondary N) is 1. The molecular weight excluding hydrogens is 658 g/mol. The van der Waals surface area contributed by atoms with Gasteiger partial charge in [0.25, 0.3) is 5.56 Å². The number of cyclic esters (lactones) is 1. The fraction of sp³-hybridized carbons (Fsp3) is 0.471. The van der Waals surface area contributed by atoms with Gasteiger partial charge in [-0.05, 0) is 68.6 Å². The van der Waals surface area contributed by atoms with E-state index in [1.165, 1.54) is 6.92 Å². The zero-order valence-electron chi connectivity index (χ0n) is 28.2. The van der Waals surface area contributed by atoms with Gasteiger partial charge in [-0.15, -0.1) is 11.6 Å². The number of fused-ring (bicyclic) bond motifs is 5. The lowest BCUT2D eigenvalue weighted by atomic mass is 9.85. The molecule has 0 aliphatic carbocycles. The van der Waals surface area contributed by atoms with Crippen LogP contribution in [0.2, 0.25) is 19.1 Å². The zero-order valence-corrected chi connectivity index (χ0v) is 30.0. The van der Waals surface area contributed by atoms with Gasteiger partial charge in [0.1, 0.15) is 24.5 Å². The SMILES string of the molecule is CCC1(OC(=O)CNC(=O)OC(C)(C)C)C(=O)OCc2c1cc1n(c2=O)Cc2c-1nc1ccc(OC(C)=O)cc1c2[Si](C)(C)CCCCl. The number of pyridine rings is 2. The van der Waals surface area contributed by atoms with Crippen molar-refractivity contribution in [1.82, 2.24) is 14.9 Å². The fourth-order valence-electron chi connectivity index (χ4n) is 6.54. The Kier molecular flexibility index (Phi) is 9.50. The summed E-state index contributed by atoms with van der Waals surface area (Å²) in [5.41, 5.74) is -0.0632. The van der Waals surface area contributed by atoms with Crippen LogP contribution in [0.25, 0.3) is 22.3 Å². The molecule has 1 N–H and O–H groups in total. The van der Waals surface area contributed by atoms with Crippen molar-refractivity contribution in [1.29, 1.82) is 0 Å². The van der Waals surface area contributed by atoms with E-state index >= 15 is 0 Å². The van der Waals surface area contributed by atoms with Crippen LogP contribution in [0.15, 0.2) is 29.1 Å². The molecule has 2 aliphatic heterocycles. The highest BCUT2D eigenvalue weighted by molar-refractivity contribution is 6.91. The third kappa shape index (κ3) is 6.57. The van der Waals surface area contributed by atoms with E-state index in [1.54, 1.807) is 50.5 Å². The number of benzene rings is 1. The number of rotatable bonds is 9. The first-order valence-electron chi connectivity index (χ1n) is 15.9. The lowest BCUT2D eigenvalue weighted by Gasteiger charge is -2.35. The summed E-state index contributed by atoms with van der Waals surface area (Å²) in [7, 11) is -2.25. The van der Waals surface area contributed by atoms with Crippen LogP contribution < -0.4 is 20.8 Å². The minimum atomic E-state index is -2.25. The molecule has 2 aromatic heterocycles. The molecule has 1 atom stereocenters. The summed E-state index contributed by atoms with van der Waals surface area (Å²) in [6.45, 7) is 11.9. The standard InChI is InChI=1S/C34H40ClN3O9Si/c1-8-34(46-27(40)16-36-32(43)47-33(3,4)5)24-15-26-28-22(17-38(26)30(41)23(24)18-44-31(34)42)29(48(6,7)13-9-12-35)21-14-20(45-19(2)39)10-11-25(21)37-28/h10-11,14-15H,8-9,12-13,16-18H2,1-7H3,(H,36,43). The molecule has 0 saturated carbocycles. The Bertz CT molecular complexity index is 1900. The van der Waals surface area contributed by atoms with Crippen molar-refractivity contribution < 1.29 is 38.1 Å². The van der Waals surface area contributed by atoms with Crippen LogP contribution in [0.5, 0.6) is 5.75 Å². The number of alkyl carbamates (subject to hydrolysis) is 1. The van der Waals surface area contributed by atoms with Crippen molar-refractivity contribution in [3.8, 4) is 17.1 Å². The van der Waals surface area contributed by atoms with E-state index in [-0.39, 0.29) is 36.3 Å². The van der Waals surface area contributed by atoms with E-state index in [1.807, 2.05) is 6.07 Å². The van der Waals surface area contributed by atoms with Crippen LogP contribution in [0.1, 0.15) is 64.2 Å². The summed E-state index contributed by atoms with van der Waals surface area (Å²) < 4.78 is 23.5. The van der Waals surface area contributed by atoms with Crippen molar-refractivity contribution in [3.05, 3.63) is 51.3 Å². The van der Waals surface area contributed by atoms with Crippen LogP contribution in [0, 0.1) is 0 Å². The van der Waals surface area contributed by atoms with Crippen LogP contribution >= 0.6 is 11.6 Å². The maximum absolute atomic E-state index is 14.2. The molecule has 0 fully saturated rings. The normalized spacial score (nSPS) is 16.8. The summed E-state index contributed by atoms with van der Waals surface area (Å²) in [6.07, 6.45) is -0.0482. The van der Waals surface area contributed by atoms with E-state index in [0.717, 1.165) is 28.6 Å². The molecular formula is C34H40ClN3O9Si. The molecule has 1 amide bonds. The monoisotopic (exact) mass is 697 g/mol. The number of ether oxygens (including phenoxy) is 4. The first-order chi connectivity index (χ1) is 22.5. The highest BCUT2D eigenvalue weighted by Gasteiger charge is 2.50. The number of hydrogen-bond acceptors (Lipinski definition) is 10. The van der Waals surface area contributed by atoms with Gasteiger partial charge in [0.2, 0.25) is 5.60 Å². The minimum absolute atomic E-state index is 0.0273. The van der Waals surface area contributed by atoms with Gasteiger partial charge >= 0.3 is 24.0 Å². The van der Waals surface area contributed by atoms with E-state index < -0.39 is 49.8 Å². The summed E-state index contributed by atoms with van der Waals surface area (Å²) in [6, 6.07) is 7.86. The largest absolute Gasteiger partial charge is 0.457 e. The number of nitrogens with zero attached hydrogens (tertiary/aromatic N) is 2. The quantitative estimate of drug-likeness (QED) is 0.0862. The molecule has 12 nitrogen and oxygen atoms in total. The van der Waals surface area contributed by atoms with Crippen LogP contribution in [0.3, 0.4) is 0 Å². The second kappa shape index (κ2) is 13.0. The third-order valence-corrected chi connectivity index (χ3v) is 12.4. The topological polar surface area (TPSA) is 152 Å². The predicted octanol–water partition coefficient (Wildman–Crippen LogP) is 4.62. The van der Waals surface area contributed by atoms with Gasteiger partial charge in [0.05, 0.1) is 37.1 Å². The summed E-state index contributed by atoms with van der Waals surface area (Å²) in [5, 5.41) is 4.27. The number of hydrogen-bond donors (Lipinski definition) is 1. The first kappa shape index (κ1) is 35.1. The highest BCUT2D eigenvalue weighted by Crippen LogP contribution is 2.41. The Balaban J connectivity index is 1.64. The highest BCUT2D eigenvalue weighted by atomic mass is 35.5. The van der Waals surface area contributed by atoms with E-state index in [2.05, 4.69) is 18.4 Å². The van der Waals surface area contributed by atoms with Crippen molar-refractivity contribution in [3.63, 3.8) is 0 Å². The van der Waals surface area contributed by atoms with E-state index in [4.69, 9.17) is 35.5 Å². The molecule has 3 aromatic rings. The molecule has 0 radical (unpaired) electrons. The number of aromatic nitrogens is 2. The third-order valence-electron chi connectivity index (χ3n) is 8.56. The molecule has 1 aromatic carbocycles. The van der Waals surface area contributed by atoms with Crippen molar-refractivity contribution in [2.45, 2.75) is 91.0 Å². The van der Waals surface area contributed by atoms with Gasteiger partial charge in [-0.25, -0.2) is 14.6 Å². The number of carbonyl (C=O) groups is 4. The van der Waals surface area contributed by atoms with Crippen molar-refractivity contribution >= 4 is 59.8 Å². The molecule has 0 saturated heterocycles. The molecule has 1 unspecified atom stereocenters. The zero-order chi connectivity index (χ0) is 35.2. The average Bonchev–Trinajstić information content (AvgIpc) is 3.36. The number of esters is 3. The summed E-state index contributed by atoms with van der Waals surface area (Å²) in [4.78, 5) is 69.6. The molecule has 4 heterocycles. The number of carbonyl (C=O) groups excluding carboxylic acids is 4. The minimum Gasteiger partial charge on any atom is -0.457 e. The maximum Gasteiger partial charge on any atom is 0.408 e. The predicted molar refractivity (Wildman–Crippen MR) is 181 cm³/mol. The number of halogens is 1. The van der Waals surface area contributed by atoms with Crippen molar-refractivity contribution in [2.75, 3.05) is 12.4 Å². The van der Waals surface area contributed by atoms with Crippen molar-refractivity contribution in [2.24, 2.45) is 0 Å². The smallest absolute Gasteiger partial charge is 0.408 e. The Labute approximate surface area is 284 Å². The molecule has 14 heteroatoms. The van der Waals surface area contributed by atoms with Gasteiger partial charge < -0.3 is 28.8 Å². The molecule has 0 spiro atoms.